The largest absolute Gasteiger partial charge is 0.348 e. The molecule has 1 fully saturated rings. The number of piperidine rings is 1. The van der Waals surface area contributed by atoms with E-state index in [-0.39, 0.29) is 17.7 Å². The summed E-state index contributed by atoms with van der Waals surface area (Å²) in [6.45, 7) is 5.36. The summed E-state index contributed by atoms with van der Waals surface area (Å²) in [4.78, 5) is 34.6. The van der Waals surface area contributed by atoms with Crippen LogP contribution in [0, 0.1) is 11.3 Å². The lowest BCUT2D eigenvalue weighted by molar-refractivity contribution is -0.149. The second-order valence-electron chi connectivity index (χ2n) is 8.93. The molecule has 1 aromatic carbocycles. The van der Waals surface area contributed by atoms with E-state index in [1.165, 1.54) is 0 Å². The number of amides is 2. The number of aromatic nitrogens is 1. The Kier molecular flexibility index (Phi) is 7.47. The van der Waals surface area contributed by atoms with E-state index in [1.54, 1.807) is 11.1 Å². The van der Waals surface area contributed by atoms with Gasteiger partial charge in [-0.3, -0.25) is 14.6 Å². The Morgan fingerprint density at radius 2 is 1.87 bits per heavy atom. The Morgan fingerprint density at radius 3 is 2.52 bits per heavy atom. The second-order valence-corrected chi connectivity index (χ2v) is 8.93. The van der Waals surface area contributed by atoms with Crippen LogP contribution in [0.5, 0.6) is 0 Å². The number of likely N-dealkylation sites (tertiary alicyclic amines) is 1. The number of nitrogens with zero attached hydrogens (tertiary/aromatic N) is 3. The van der Waals surface area contributed by atoms with Crippen molar-refractivity contribution in [2.45, 2.75) is 46.0 Å². The van der Waals surface area contributed by atoms with Crippen molar-refractivity contribution in [2.24, 2.45) is 11.3 Å². The molecule has 0 saturated carbocycles. The van der Waals surface area contributed by atoms with Crippen molar-refractivity contribution in [3.63, 3.8) is 0 Å². The predicted octanol–water partition coefficient (Wildman–Crippen LogP) is 4.42. The Hall–Kier alpha value is -2.69. The van der Waals surface area contributed by atoms with Gasteiger partial charge in [-0.15, -0.1) is 0 Å². The third kappa shape index (κ3) is 4.97. The quantitative estimate of drug-likeness (QED) is 0.665. The summed E-state index contributed by atoms with van der Waals surface area (Å²) in [6, 6.07) is 12.2. The molecule has 1 aliphatic heterocycles. The summed E-state index contributed by atoms with van der Waals surface area (Å²) >= 11 is 0. The van der Waals surface area contributed by atoms with Gasteiger partial charge in [-0.25, -0.2) is 0 Å². The maximum Gasteiger partial charge on any atom is 0.230 e. The van der Waals surface area contributed by atoms with E-state index >= 15 is 0 Å². The summed E-state index contributed by atoms with van der Waals surface area (Å²) < 4.78 is 0. The lowest BCUT2D eigenvalue weighted by Gasteiger charge is -2.44. The number of pyridine rings is 1. The van der Waals surface area contributed by atoms with E-state index in [9.17, 15) is 9.59 Å². The maximum absolute atomic E-state index is 13.5. The molecule has 2 aromatic rings. The van der Waals surface area contributed by atoms with Crippen LogP contribution in [0.25, 0.3) is 11.1 Å². The minimum absolute atomic E-state index is 0.0351. The molecule has 166 valence electrons. The third-order valence-corrected chi connectivity index (χ3v) is 6.60. The lowest BCUT2D eigenvalue weighted by Crippen LogP contribution is -2.55. The molecule has 0 N–H and O–H groups in total. The fourth-order valence-electron chi connectivity index (χ4n) is 4.93. The van der Waals surface area contributed by atoms with Crippen LogP contribution in [-0.2, 0) is 16.0 Å². The van der Waals surface area contributed by atoms with E-state index in [0.29, 0.717) is 13.0 Å². The third-order valence-electron chi connectivity index (χ3n) is 6.60. The topological polar surface area (TPSA) is 53.5 Å². The molecule has 5 nitrogen and oxygen atoms in total. The van der Waals surface area contributed by atoms with Gasteiger partial charge >= 0.3 is 0 Å². The summed E-state index contributed by atoms with van der Waals surface area (Å²) in [5.74, 6) is 0.338. The predicted molar refractivity (Wildman–Crippen MR) is 124 cm³/mol. The average Bonchev–Trinajstić information content (AvgIpc) is 2.80. The number of benzene rings is 1. The number of hydrogen-bond donors (Lipinski definition) is 0. The zero-order chi connectivity index (χ0) is 22.4. The smallest absolute Gasteiger partial charge is 0.230 e. The van der Waals surface area contributed by atoms with Gasteiger partial charge < -0.3 is 9.80 Å². The maximum atomic E-state index is 13.5. The summed E-state index contributed by atoms with van der Waals surface area (Å²) in [5, 5.41) is 0. The van der Waals surface area contributed by atoms with Crippen LogP contribution in [0.15, 0.2) is 48.8 Å². The Bertz CT molecular complexity index is 893. The Balaban J connectivity index is 1.98. The van der Waals surface area contributed by atoms with Gasteiger partial charge in [0.2, 0.25) is 11.8 Å². The number of carbonyl (C=O) groups excluding carboxylic acids is 2. The van der Waals surface area contributed by atoms with Gasteiger partial charge in [-0.1, -0.05) is 44.2 Å². The molecule has 31 heavy (non-hydrogen) atoms. The highest BCUT2D eigenvalue weighted by Crippen LogP contribution is 2.38. The van der Waals surface area contributed by atoms with Crippen molar-refractivity contribution in [2.75, 3.05) is 27.2 Å². The summed E-state index contributed by atoms with van der Waals surface area (Å²) in [6.07, 6.45) is 7.56. The van der Waals surface area contributed by atoms with Crippen molar-refractivity contribution < 1.29 is 9.59 Å². The number of rotatable bonds is 7. The van der Waals surface area contributed by atoms with Crippen LogP contribution in [0.3, 0.4) is 0 Å². The normalized spacial score (nSPS) is 18.8. The minimum atomic E-state index is -0.609. The minimum Gasteiger partial charge on any atom is -0.348 e. The number of hydrogen-bond acceptors (Lipinski definition) is 3. The first-order chi connectivity index (χ1) is 14.9. The first-order valence-electron chi connectivity index (χ1n) is 11.4. The zero-order valence-electron chi connectivity index (χ0n) is 19.3. The van der Waals surface area contributed by atoms with E-state index in [1.807, 2.05) is 43.4 Å². The van der Waals surface area contributed by atoms with Crippen LogP contribution in [-0.4, -0.2) is 53.8 Å². The molecule has 1 aliphatic rings. The van der Waals surface area contributed by atoms with Gasteiger partial charge in [-0.2, -0.15) is 0 Å². The van der Waals surface area contributed by atoms with Crippen LogP contribution < -0.4 is 0 Å². The van der Waals surface area contributed by atoms with Gasteiger partial charge in [0.1, 0.15) is 0 Å². The van der Waals surface area contributed by atoms with Gasteiger partial charge in [0.25, 0.3) is 0 Å². The number of carbonyl (C=O) groups is 2. The van der Waals surface area contributed by atoms with Crippen molar-refractivity contribution in [1.82, 2.24) is 14.8 Å². The highest BCUT2D eigenvalue weighted by atomic mass is 16.2. The molecule has 3 rings (SSSR count). The van der Waals surface area contributed by atoms with Crippen molar-refractivity contribution in [3.8, 4) is 11.1 Å². The Morgan fingerprint density at radius 1 is 1.13 bits per heavy atom. The van der Waals surface area contributed by atoms with Gasteiger partial charge in [0.15, 0.2) is 0 Å². The molecule has 0 bridgehead atoms. The van der Waals surface area contributed by atoms with Crippen LogP contribution >= 0.6 is 0 Å². The molecule has 1 atom stereocenters. The molecule has 5 heteroatoms. The zero-order valence-corrected chi connectivity index (χ0v) is 19.3. The first kappa shape index (κ1) is 23.0. The second kappa shape index (κ2) is 10.1. The molecule has 0 radical (unpaired) electrons. The summed E-state index contributed by atoms with van der Waals surface area (Å²) in [5.41, 5.74) is 2.67. The lowest BCUT2D eigenvalue weighted by atomic mass is 9.72. The monoisotopic (exact) mass is 421 g/mol. The fourth-order valence-corrected chi connectivity index (χ4v) is 4.93. The molecule has 0 spiro atoms. The molecule has 1 aromatic heterocycles. The van der Waals surface area contributed by atoms with Crippen molar-refractivity contribution in [3.05, 3.63) is 54.4 Å². The molecule has 0 unspecified atom stereocenters. The van der Waals surface area contributed by atoms with E-state index in [2.05, 4.69) is 37.0 Å². The van der Waals surface area contributed by atoms with E-state index in [4.69, 9.17) is 0 Å². The highest BCUT2D eigenvalue weighted by Gasteiger charge is 2.45. The molecule has 1 saturated heterocycles. The highest BCUT2D eigenvalue weighted by molar-refractivity contribution is 5.85. The van der Waals surface area contributed by atoms with Crippen LogP contribution in [0.4, 0.5) is 0 Å². The SMILES string of the molecule is CCC(CC)C(=O)N1CCC[C@@](Cc2ccccc2-c2cccnc2)(C(=O)N(C)C)C1. The molecule has 2 heterocycles. The van der Waals surface area contributed by atoms with E-state index < -0.39 is 5.41 Å². The van der Waals surface area contributed by atoms with Gasteiger partial charge in [-0.05, 0) is 49.3 Å². The summed E-state index contributed by atoms with van der Waals surface area (Å²) in [7, 11) is 3.64. The Labute approximate surface area is 186 Å². The molecule has 2 amide bonds. The molecular weight excluding hydrogens is 386 g/mol. The van der Waals surface area contributed by atoms with Crippen molar-refractivity contribution >= 4 is 11.8 Å². The van der Waals surface area contributed by atoms with Gasteiger partial charge in [0.05, 0.1) is 5.41 Å². The van der Waals surface area contributed by atoms with E-state index in [0.717, 1.165) is 48.9 Å². The average molecular weight is 422 g/mol. The van der Waals surface area contributed by atoms with Crippen LogP contribution in [0.2, 0.25) is 0 Å². The molecule has 0 aliphatic carbocycles. The first-order valence-corrected chi connectivity index (χ1v) is 11.4. The van der Waals surface area contributed by atoms with Crippen molar-refractivity contribution in [1.29, 1.82) is 0 Å². The van der Waals surface area contributed by atoms with Gasteiger partial charge in [0, 0.05) is 51.1 Å². The standard InChI is InChI=1S/C26H35N3O2/c1-5-20(6-2)24(30)29-16-10-14-26(19-29,25(31)28(3)4)17-21-11-7-8-13-23(21)22-12-9-15-27-18-22/h7-9,11-13,15,18,20H,5-6,10,14,16-17,19H2,1-4H3/t26-/m0/s1. The molecular formula is C26H35N3O2. The van der Waals surface area contributed by atoms with Crippen LogP contribution in [0.1, 0.15) is 45.1 Å². The fraction of sp³-hybridized carbons (Fsp3) is 0.500.